The molecule has 10 heteroatoms. The molecule has 0 bridgehead atoms. The lowest BCUT2D eigenvalue weighted by Gasteiger charge is -2.29. The molecular formula is C25H21FN6O2S. The molecule has 0 saturated carbocycles. The third-order valence-corrected chi connectivity index (χ3v) is 6.37. The Morgan fingerprint density at radius 2 is 2.00 bits per heavy atom. The van der Waals surface area contributed by atoms with Crippen molar-refractivity contribution in [2.45, 2.75) is 25.9 Å². The summed E-state index contributed by atoms with van der Waals surface area (Å²) in [5.74, 6) is -1.15. The van der Waals surface area contributed by atoms with Gasteiger partial charge < -0.3 is 10.2 Å². The molecular weight excluding hydrogens is 467 g/mol. The predicted octanol–water partition coefficient (Wildman–Crippen LogP) is 3.94. The first-order valence-corrected chi connectivity index (χ1v) is 11.3. The Balaban J connectivity index is 1.42. The maximum atomic E-state index is 15.1. The SMILES string of the molecule is CC1(C)C(=O)N(c2cccc3[nH]ncc23)C(=S)N1c1ccc(CNC(=O)c2ccccn2)c(F)c1. The van der Waals surface area contributed by atoms with Gasteiger partial charge in [-0.3, -0.25) is 24.6 Å². The molecule has 2 aromatic heterocycles. The fourth-order valence-corrected chi connectivity index (χ4v) is 4.69. The second-order valence-corrected chi connectivity index (χ2v) is 8.96. The van der Waals surface area contributed by atoms with Crippen molar-refractivity contribution in [1.29, 1.82) is 0 Å². The van der Waals surface area contributed by atoms with Gasteiger partial charge >= 0.3 is 0 Å². The first-order chi connectivity index (χ1) is 16.8. The zero-order valence-electron chi connectivity index (χ0n) is 18.9. The maximum absolute atomic E-state index is 15.1. The van der Waals surface area contributed by atoms with Gasteiger partial charge in [-0.25, -0.2) is 4.39 Å². The highest BCUT2D eigenvalue weighted by Crippen LogP contribution is 2.38. The van der Waals surface area contributed by atoms with Gasteiger partial charge in [0.2, 0.25) is 0 Å². The first kappa shape index (κ1) is 22.6. The van der Waals surface area contributed by atoms with Gasteiger partial charge in [-0.05, 0) is 62.5 Å². The monoisotopic (exact) mass is 488 g/mol. The van der Waals surface area contributed by atoms with Gasteiger partial charge in [-0.2, -0.15) is 5.10 Å². The Morgan fingerprint density at radius 1 is 1.17 bits per heavy atom. The van der Waals surface area contributed by atoms with E-state index in [4.69, 9.17) is 12.2 Å². The van der Waals surface area contributed by atoms with Crippen LogP contribution in [0.2, 0.25) is 0 Å². The minimum absolute atomic E-state index is 0.0110. The number of halogens is 1. The highest BCUT2D eigenvalue weighted by molar-refractivity contribution is 7.81. The number of nitrogens with one attached hydrogen (secondary N) is 2. The average molecular weight is 489 g/mol. The van der Waals surface area contributed by atoms with E-state index in [0.29, 0.717) is 16.9 Å². The van der Waals surface area contributed by atoms with E-state index in [1.165, 1.54) is 17.2 Å². The van der Waals surface area contributed by atoms with Crippen molar-refractivity contribution in [2.24, 2.45) is 0 Å². The summed E-state index contributed by atoms with van der Waals surface area (Å²) in [6, 6.07) is 15.1. The summed E-state index contributed by atoms with van der Waals surface area (Å²) >= 11 is 5.72. The summed E-state index contributed by atoms with van der Waals surface area (Å²) in [5, 5.41) is 10.6. The van der Waals surface area contributed by atoms with Gasteiger partial charge in [0, 0.05) is 29.4 Å². The van der Waals surface area contributed by atoms with Crippen LogP contribution in [-0.4, -0.2) is 37.6 Å². The van der Waals surface area contributed by atoms with Gasteiger partial charge in [0.05, 0.1) is 17.4 Å². The molecule has 5 rings (SSSR count). The molecule has 1 fully saturated rings. The predicted molar refractivity (Wildman–Crippen MR) is 135 cm³/mol. The quantitative estimate of drug-likeness (QED) is 0.413. The summed E-state index contributed by atoms with van der Waals surface area (Å²) in [4.78, 5) is 32.8. The molecule has 1 aliphatic heterocycles. The summed E-state index contributed by atoms with van der Waals surface area (Å²) in [6.45, 7) is 3.48. The number of aromatic amines is 1. The molecule has 176 valence electrons. The molecule has 0 aliphatic carbocycles. The Bertz CT molecular complexity index is 1470. The van der Waals surface area contributed by atoms with Crippen molar-refractivity contribution in [3.63, 3.8) is 0 Å². The van der Waals surface area contributed by atoms with Crippen molar-refractivity contribution in [3.05, 3.63) is 84.1 Å². The van der Waals surface area contributed by atoms with E-state index < -0.39 is 17.3 Å². The summed E-state index contributed by atoms with van der Waals surface area (Å²) in [6.07, 6.45) is 3.16. The number of hydrogen-bond acceptors (Lipinski definition) is 5. The number of thiocarbonyl (C=S) groups is 1. The topological polar surface area (TPSA) is 94.2 Å². The number of carbonyl (C=O) groups excluding carboxylic acids is 2. The standard InChI is InChI=1S/C25H21FN6O2S/c1-25(2)23(34)31(21-8-5-7-19-17(21)14-29-30-19)24(35)32(25)16-10-9-15(18(26)12-16)13-28-22(33)20-6-3-4-11-27-20/h3-12,14H,13H2,1-2H3,(H,28,33)(H,29,30). The Hall–Kier alpha value is -4.18. The second-order valence-electron chi connectivity index (χ2n) is 8.60. The van der Waals surface area contributed by atoms with Crippen molar-refractivity contribution < 1.29 is 14.0 Å². The molecule has 0 radical (unpaired) electrons. The number of rotatable bonds is 5. The molecule has 35 heavy (non-hydrogen) atoms. The van der Waals surface area contributed by atoms with Crippen LogP contribution in [0, 0.1) is 5.82 Å². The fourth-order valence-electron chi connectivity index (χ4n) is 4.17. The van der Waals surface area contributed by atoms with E-state index in [0.717, 1.165) is 10.9 Å². The van der Waals surface area contributed by atoms with Gasteiger partial charge in [0.1, 0.15) is 17.1 Å². The Labute approximate surface area is 205 Å². The molecule has 2 N–H and O–H groups in total. The third kappa shape index (κ3) is 3.81. The molecule has 2 aromatic carbocycles. The fraction of sp³-hybridized carbons (Fsp3) is 0.160. The summed E-state index contributed by atoms with van der Waals surface area (Å²) < 4.78 is 15.1. The molecule has 2 amide bonds. The summed E-state index contributed by atoms with van der Waals surface area (Å²) in [5.41, 5.74) is 1.32. The van der Waals surface area contributed by atoms with Crippen molar-refractivity contribution in [1.82, 2.24) is 20.5 Å². The molecule has 1 saturated heterocycles. The van der Waals surface area contributed by atoms with Crippen molar-refractivity contribution in [3.8, 4) is 0 Å². The molecule has 3 heterocycles. The smallest absolute Gasteiger partial charge is 0.270 e. The number of benzene rings is 2. The number of fused-ring (bicyclic) bond motifs is 1. The normalized spacial score (nSPS) is 15.2. The van der Waals surface area contributed by atoms with Crippen LogP contribution in [0.15, 0.2) is 67.0 Å². The van der Waals surface area contributed by atoms with E-state index >= 15 is 4.39 Å². The molecule has 1 aliphatic rings. The average Bonchev–Trinajstić information content (AvgIpc) is 3.39. The lowest BCUT2D eigenvalue weighted by Crippen LogP contribution is -2.44. The van der Waals surface area contributed by atoms with Gasteiger partial charge in [-0.15, -0.1) is 0 Å². The minimum atomic E-state index is -1.05. The zero-order chi connectivity index (χ0) is 24.7. The van der Waals surface area contributed by atoms with E-state index in [2.05, 4.69) is 20.5 Å². The van der Waals surface area contributed by atoms with Crippen molar-refractivity contribution in [2.75, 3.05) is 9.80 Å². The van der Waals surface area contributed by atoms with Crippen LogP contribution >= 0.6 is 12.2 Å². The number of amides is 2. The number of nitrogens with zero attached hydrogens (tertiary/aromatic N) is 4. The molecule has 4 aromatic rings. The lowest BCUT2D eigenvalue weighted by molar-refractivity contribution is -0.120. The van der Waals surface area contributed by atoms with Crippen LogP contribution in [-0.2, 0) is 11.3 Å². The maximum Gasteiger partial charge on any atom is 0.270 e. The van der Waals surface area contributed by atoms with Crippen LogP contribution in [0.5, 0.6) is 0 Å². The minimum Gasteiger partial charge on any atom is -0.347 e. The van der Waals surface area contributed by atoms with Crippen molar-refractivity contribution >= 4 is 51.4 Å². The van der Waals surface area contributed by atoms with Gasteiger partial charge in [0.15, 0.2) is 5.11 Å². The number of pyridine rings is 1. The molecule has 0 spiro atoms. The summed E-state index contributed by atoms with van der Waals surface area (Å²) in [7, 11) is 0. The van der Waals surface area contributed by atoms with Crippen LogP contribution in [0.25, 0.3) is 10.9 Å². The lowest BCUT2D eigenvalue weighted by atomic mass is 10.0. The number of anilines is 2. The highest BCUT2D eigenvalue weighted by Gasteiger charge is 2.50. The Morgan fingerprint density at radius 3 is 2.74 bits per heavy atom. The number of hydrogen-bond donors (Lipinski definition) is 2. The van der Waals surface area contributed by atoms with E-state index in [-0.39, 0.29) is 23.3 Å². The van der Waals surface area contributed by atoms with Crippen LogP contribution in [0.1, 0.15) is 29.9 Å². The van der Waals surface area contributed by atoms with Gasteiger partial charge in [-0.1, -0.05) is 18.2 Å². The van der Waals surface area contributed by atoms with E-state index in [1.54, 1.807) is 61.3 Å². The molecule has 8 nitrogen and oxygen atoms in total. The van der Waals surface area contributed by atoms with Crippen LogP contribution in [0.3, 0.4) is 0 Å². The first-order valence-electron chi connectivity index (χ1n) is 10.9. The Kier molecular flexibility index (Phi) is 5.52. The van der Waals surface area contributed by atoms with E-state index in [9.17, 15) is 9.59 Å². The van der Waals surface area contributed by atoms with E-state index in [1.807, 2.05) is 12.1 Å². The highest BCUT2D eigenvalue weighted by atomic mass is 32.1. The van der Waals surface area contributed by atoms with Crippen LogP contribution in [0.4, 0.5) is 15.8 Å². The number of aromatic nitrogens is 3. The third-order valence-electron chi connectivity index (χ3n) is 6.00. The van der Waals surface area contributed by atoms with Crippen LogP contribution < -0.4 is 15.1 Å². The molecule has 0 atom stereocenters. The number of H-pyrrole nitrogens is 1. The zero-order valence-corrected chi connectivity index (χ0v) is 19.8. The molecule has 0 unspecified atom stereocenters. The second kappa shape index (κ2) is 8.55. The van der Waals surface area contributed by atoms with Gasteiger partial charge in [0.25, 0.3) is 11.8 Å². The number of carbonyl (C=O) groups is 2. The largest absolute Gasteiger partial charge is 0.347 e.